The van der Waals surface area contributed by atoms with Gasteiger partial charge in [0.05, 0.1) is 18.1 Å². The van der Waals surface area contributed by atoms with Gasteiger partial charge in [-0.15, -0.1) is 0 Å². The first-order chi connectivity index (χ1) is 8.59. The highest BCUT2D eigenvalue weighted by Crippen LogP contribution is 2.17. The number of carbonyl (C=O) groups excluding carboxylic acids is 1. The minimum atomic E-state index is -0.467. The first-order valence-electron chi connectivity index (χ1n) is 5.35. The number of non-ortho nitro benzene ring substituents is 1. The molecular weight excluding hydrogens is 240 g/mol. The summed E-state index contributed by atoms with van der Waals surface area (Å²) in [4.78, 5) is 25.2. The van der Waals surface area contributed by atoms with Crippen molar-refractivity contribution in [2.24, 2.45) is 0 Å². The third-order valence-corrected chi connectivity index (χ3v) is 1.92. The number of nitrogens with zero attached hydrogens (tertiary/aromatic N) is 1. The zero-order valence-corrected chi connectivity index (χ0v) is 9.92. The second kappa shape index (κ2) is 7.23. The first kappa shape index (κ1) is 13.9. The predicted molar refractivity (Wildman–Crippen MR) is 63.0 cm³/mol. The minimum Gasteiger partial charge on any atom is -0.493 e. The number of amides is 1. The van der Waals surface area contributed by atoms with Crippen molar-refractivity contribution in [2.75, 3.05) is 13.2 Å². The van der Waals surface area contributed by atoms with Gasteiger partial charge in [0.2, 0.25) is 5.91 Å². The van der Waals surface area contributed by atoms with E-state index in [-0.39, 0.29) is 11.6 Å². The van der Waals surface area contributed by atoms with Crippen LogP contribution in [0.25, 0.3) is 0 Å². The van der Waals surface area contributed by atoms with Crippen LogP contribution in [0.2, 0.25) is 0 Å². The van der Waals surface area contributed by atoms with Gasteiger partial charge in [0, 0.05) is 25.5 Å². The summed E-state index contributed by atoms with van der Waals surface area (Å²) in [5.41, 5.74) is 2.22. The summed E-state index contributed by atoms with van der Waals surface area (Å²) in [6.07, 6.45) is 0.595. The molecule has 0 aromatic heterocycles. The molecule has 0 bridgehead atoms. The molecule has 0 saturated carbocycles. The number of rotatable bonds is 7. The average molecular weight is 254 g/mol. The highest BCUT2D eigenvalue weighted by molar-refractivity contribution is 5.71. The Morgan fingerprint density at radius 3 is 2.56 bits per heavy atom. The number of benzene rings is 1. The lowest BCUT2D eigenvalue weighted by atomic mass is 10.3. The average Bonchev–Trinajstić information content (AvgIpc) is 2.34. The number of ether oxygens (including phenoxy) is 1. The molecule has 0 atom stereocenters. The maximum absolute atomic E-state index is 10.5. The van der Waals surface area contributed by atoms with Gasteiger partial charge in [0.15, 0.2) is 0 Å². The number of hydroxylamine groups is 1. The molecule has 18 heavy (non-hydrogen) atoms. The fourth-order valence-electron chi connectivity index (χ4n) is 1.14. The van der Waals surface area contributed by atoms with Crippen molar-refractivity contribution >= 4 is 11.6 Å². The van der Waals surface area contributed by atoms with Gasteiger partial charge >= 0.3 is 0 Å². The van der Waals surface area contributed by atoms with Crippen LogP contribution in [0.15, 0.2) is 24.3 Å². The van der Waals surface area contributed by atoms with Gasteiger partial charge in [-0.3, -0.25) is 19.7 Å². The van der Waals surface area contributed by atoms with Crippen molar-refractivity contribution in [1.29, 1.82) is 0 Å². The van der Waals surface area contributed by atoms with Crippen molar-refractivity contribution in [3.8, 4) is 5.75 Å². The van der Waals surface area contributed by atoms with Crippen molar-refractivity contribution in [1.82, 2.24) is 5.48 Å². The van der Waals surface area contributed by atoms with Gasteiger partial charge in [-0.1, -0.05) is 0 Å². The van der Waals surface area contributed by atoms with Crippen LogP contribution in [0.3, 0.4) is 0 Å². The molecule has 0 aliphatic rings. The molecule has 1 aromatic carbocycles. The van der Waals surface area contributed by atoms with Gasteiger partial charge in [0.1, 0.15) is 5.75 Å². The molecule has 1 N–H and O–H groups in total. The Bertz CT molecular complexity index is 404. The summed E-state index contributed by atoms with van der Waals surface area (Å²) in [6.45, 7) is 2.09. The normalized spacial score (nSPS) is 9.83. The van der Waals surface area contributed by atoms with Crippen molar-refractivity contribution in [3.05, 3.63) is 34.4 Å². The Morgan fingerprint density at radius 1 is 1.33 bits per heavy atom. The monoisotopic (exact) mass is 254 g/mol. The van der Waals surface area contributed by atoms with E-state index in [2.05, 4.69) is 5.48 Å². The third kappa shape index (κ3) is 5.26. The summed E-state index contributed by atoms with van der Waals surface area (Å²) >= 11 is 0. The van der Waals surface area contributed by atoms with Crippen LogP contribution in [-0.4, -0.2) is 24.0 Å². The largest absolute Gasteiger partial charge is 0.493 e. The lowest BCUT2D eigenvalue weighted by Gasteiger charge is -2.06. The molecule has 7 nitrogen and oxygen atoms in total. The van der Waals surface area contributed by atoms with Crippen LogP contribution in [0, 0.1) is 10.1 Å². The van der Waals surface area contributed by atoms with Crippen LogP contribution < -0.4 is 10.2 Å². The Kier molecular flexibility index (Phi) is 5.59. The molecule has 0 unspecified atom stereocenters. The molecule has 0 heterocycles. The van der Waals surface area contributed by atoms with Crippen molar-refractivity contribution in [3.63, 3.8) is 0 Å². The number of hydrogen-bond donors (Lipinski definition) is 1. The van der Waals surface area contributed by atoms with Gasteiger partial charge in [0.25, 0.3) is 5.69 Å². The number of carbonyl (C=O) groups is 1. The summed E-state index contributed by atoms with van der Waals surface area (Å²) < 4.78 is 5.33. The number of nitro benzene ring substituents is 1. The molecule has 7 heteroatoms. The zero-order valence-electron chi connectivity index (χ0n) is 9.92. The molecule has 0 aliphatic carbocycles. The number of hydrogen-bond acceptors (Lipinski definition) is 5. The van der Waals surface area contributed by atoms with Crippen LogP contribution >= 0.6 is 0 Å². The van der Waals surface area contributed by atoms with Gasteiger partial charge < -0.3 is 4.74 Å². The second-order valence-corrected chi connectivity index (χ2v) is 3.46. The molecule has 0 aliphatic heterocycles. The molecular formula is C11H14N2O5. The smallest absolute Gasteiger partial charge is 0.269 e. The molecule has 0 radical (unpaired) electrons. The van der Waals surface area contributed by atoms with Crippen LogP contribution in [0.1, 0.15) is 13.3 Å². The highest BCUT2D eigenvalue weighted by Gasteiger charge is 2.03. The van der Waals surface area contributed by atoms with E-state index in [1.54, 1.807) is 0 Å². The molecule has 1 rings (SSSR count). The number of nitrogens with one attached hydrogen (secondary N) is 1. The molecule has 0 saturated heterocycles. The fourth-order valence-corrected chi connectivity index (χ4v) is 1.14. The van der Waals surface area contributed by atoms with Crippen molar-refractivity contribution in [2.45, 2.75) is 13.3 Å². The highest BCUT2D eigenvalue weighted by atomic mass is 16.7. The molecule has 0 spiro atoms. The predicted octanol–water partition coefficient (Wildman–Crippen LogP) is 1.43. The van der Waals surface area contributed by atoms with Gasteiger partial charge in [-0.25, -0.2) is 5.48 Å². The molecule has 1 aromatic rings. The van der Waals surface area contributed by atoms with Crippen LogP contribution in [-0.2, 0) is 9.63 Å². The quantitative estimate of drug-likeness (QED) is 0.451. The Morgan fingerprint density at radius 2 is 2.00 bits per heavy atom. The van der Waals surface area contributed by atoms with E-state index in [9.17, 15) is 14.9 Å². The lowest BCUT2D eigenvalue weighted by molar-refractivity contribution is -0.384. The standard InChI is InChI=1S/C11H14N2O5/c1-9(14)12-18-8-2-7-17-11-5-3-10(4-6-11)13(15)16/h3-6H,2,7-8H2,1H3,(H,12,14). The zero-order chi connectivity index (χ0) is 13.4. The SMILES string of the molecule is CC(=O)NOCCCOc1ccc([N+](=O)[O-])cc1. The van der Waals surface area contributed by atoms with E-state index >= 15 is 0 Å². The molecule has 98 valence electrons. The maximum Gasteiger partial charge on any atom is 0.269 e. The molecule has 1 amide bonds. The van der Waals surface area contributed by atoms with Crippen LogP contribution in [0.4, 0.5) is 5.69 Å². The minimum absolute atomic E-state index is 0.0244. The van der Waals surface area contributed by atoms with E-state index in [1.165, 1.54) is 31.2 Å². The summed E-state index contributed by atoms with van der Waals surface area (Å²) in [5.74, 6) is 0.298. The summed E-state index contributed by atoms with van der Waals surface area (Å²) in [6, 6.07) is 5.83. The van der Waals surface area contributed by atoms with E-state index in [0.29, 0.717) is 25.4 Å². The summed E-state index contributed by atoms with van der Waals surface area (Å²) in [7, 11) is 0. The maximum atomic E-state index is 10.5. The van der Waals surface area contributed by atoms with Crippen LogP contribution in [0.5, 0.6) is 5.75 Å². The van der Waals surface area contributed by atoms with E-state index in [0.717, 1.165) is 0 Å². The third-order valence-electron chi connectivity index (χ3n) is 1.92. The Labute approximate surface area is 104 Å². The summed E-state index contributed by atoms with van der Waals surface area (Å²) in [5, 5.41) is 10.4. The molecule has 0 fully saturated rings. The van der Waals surface area contributed by atoms with Crippen molar-refractivity contribution < 1.29 is 19.3 Å². The topological polar surface area (TPSA) is 90.7 Å². The Balaban J connectivity index is 2.19. The fraction of sp³-hybridized carbons (Fsp3) is 0.364. The second-order valence-electron chi connectivity index (χ2n) is 3.46. The van der Waals surface area contributed by atoms with E-state index in [4.69, 9.17) is 9.57 Å². The van der Waals surface area contributed by atoms with E-state index < -0.39 is 4.92 Å². The van der Waals surface area contributed by atoms with Gasteiger partial charge in [-0.2, -0.15) is 0 Å². The first-order valence-corrected chi connectivity index (χ1v) is 5.35. The number of nitro groups is 1. The van der Waals surface area contributed by atoms with E-state index in [1.807, 2.05) is 0 Å². The van der Waals surface area contributed by atoms with Gasteiger partial charge in [-0.05, 0) is 12.1 Å². The Hall–Kier alpha value is -2.15. The lowest BCUT2D eigenvalue weighted by Crippen LogP contribution is -2.21.